The van der Waals surface area contributed by atoms with E-state index in [0.717, 1.165) is 48.8 Å². The highest BCUT2D eigenvalue weighted by molar-refractivity contribution is 5.92. The normalized spacial score (nSPS) is 12.7. The molecule has 0 bridgehead atoms. The van der Waals surface area contributed by atoms with Gasteiger partial charge in [0.2, 0.25) is 11.8 Å². The molecule has 2 aromatic rings. The molecule has 226 valence electrons. The molecule has 0 radical (unpaired) electrons. The number of aryl methyl sites for hydroxylation is 1. The highest BCUT2D eigenvalue weighted by atomic mass is 16.6. The van der Waals surface area contributed by atoms with Crippen molar-refractivity contribution < 1.29 is 24.2 Å². The van der Waals surface area contributed by atoms with E-state index in [9.17, 15) is 19.5 Å². The van der Waals surface area contributed by atoms with E-state index >= 15 is 0 Å². The number of hydrogen-bond donors (Lipinski definition) is 3. The fourth-order valence-electron chi connectivity index (χ4n) is 4.51. The van der Waals surface area contributed by atoms with Crippen molar-refractivity contribution in [1.82, 2.24) is 15.5 Å². The number of benzene rings is 2. The Morgan fingerprint density at radius 3 is 2.05 bits per heavy atom. The lowest BCUT2D eigenvalue weighted by atomic mass is 9.98. The minimum Gasteiger partial charge on any atom is -0.508 e. The summed E-state index contributed by atoms with van der Waals surface area (Å²) < 4.78 is 5.50. The van der Waals surface area contributed by atoms with Gasteiger partial charge >= 0.3 is 6.09 Å². The SMILES string of the molecule is CCCCCN(C(=O)C(Cc1ccc(O)cc1)NC(=O)OC(C)(C)C)C(C(=O)NCCCC)c1ccc(CC)cc1. The Kier molecular flexibility index (Phi) is 13.7. The van der Waals surface area contributed by atoms with Gasteiger partial charge in [-0.3, -0.25) is 9.59 Å². The number of carbonyl (C=O) groups excluding carboxylic acids is 3. The molecule has 0 fully saturated rings. The van der Waals surface area contributed by atoms with Gasteiger partial charge in [-0.05, 0) is 68.9 Å². The van der Waals surface area contributed by atoms with Gasteiger partial charge in [-0.15, -0.1) is 0 Å². The van der Waals surface area contributed by atoms with Crippen LogP contribution in [0.2, 0.25) is 0 Å². The van der Waals surface area contributed by atoms with Crippen molar-refractivity contribution in [1.29, 1.82) is 0 Å². The van der Waals surface area contributed by atoms with Crippen LogP contribution in [0, 0.1) is 0 Å². The minimum absolute atomic E-state index is 0.109. The molecule has 0 spiro atoms. The van der Waals surface area contributed by atoms with Crippen molar-refractivity contribution in [2.75, 3.05) is 13.1 Å². The fourth-order valence-corrected chi connectivity index (χ4v) is 4.51. The number of nitrogens with zero attached hydrogens (tertiary/aromatic N) is 1. The van der Waals surface area contributed by atoms with Crippen molar-refractivity contribution in [3.05, 3.63) is 65.2 Å². The number of amides is 3. The van der Waals surface area contributed by atoms with Crippen LogP contribution in [-0.2, 0) is 27.2 Å². The van der Waals surface area contributed by atoms with E-state index in [4.69, 9.17) is 4.74 Å². The van der Waals surface area contributed by atoms with Gasteiger partial charge in [0.15, 0.2) is 0 Å². The number of hydrogen-bond acceptors (Lipinski definition) is 5. The molecular weight excluding hydrogens is 518 g/mol. The molecule has 0 aliphatic heterocycles. The first kappa shape index (κ1) is 33.7. The molecule has 0 aliphatic carbocycles. The summed E-state index contributed by atoms with van der Waals surface area (Å²) in [6.45, 7) is 12.4. The maximum absolute atomic E-state index is 14.4. The number of phenols is 1. The van der Waals surface area contributed by atoms with Gasteiger partial charge in [0.1, 0.15) is 23.4 Å². The van der Waals surface area contributed by atoms with Crippen molar-refractivity contribution in [2.45, 2.75) is 104 Å². The number of phenolic OH excluding ortho intramolecular Hbond substituents is 1. The van der Waals surface area contributed by atoms with Gasteiger partial charge in [0.25, 0.3) is 0 Å². The Bertz CT molecular complexity index is 1090. The minimum atomic E-state index is -0.989. The van der Waals surface area contributed by atoms with E-state index in [0.29, 0.717) is 19.5 Å². The average molecular weight is 568 g/mol. The van der Waals surface area contributed by atoms with Crippen LogP contribution in [0.1, 0.15) is 96.4 Å². The van der Waals surface area contributed by atoms with Crippen LogP contribution in [0.5, 0.6) is 5.75 Å². The number of ether oxygens (including phenoxy) is 1. The Morgan fingerprint density at radius 1 is 0.878 bits per heavy atom. The molecule has 2 aromatic carbocycles. The van der Waals surface area contributed by atoms with Gasteiger partial charge in [-0.25, -0.2) is 4.79 Å². The largest absolute Gasteiger partial charge is 0.508 e. The molecule has 0 saturated heterocycles. The zero-order valence-corrected chi connectivity index (χ0v) is 25.7. The second-order valence-electron chi connectivity index (χ2n) is 11.5. The Morgan fingerprint density at radius 2 is 1.49 bits per heavy atom. The van der Waals surface area contributed by atoms with Gasteiger partial charge < -0.3 is 25.4 Å². The monoisotopic (exact) mass is 567 g/mol. The third-order valence-electron chi connectivity index (χ3n) is 6.74. The predicted molar refractivity (Wildman–Crippen MR) is 163 cm³/mol. The molecule has 41 heavy (non-hydrogen) atoms. The van der Waals surface area contributed by atoms with Crippen molar-refractivity contribution in [2.24, 2.45) is 0 Å². The zero-order chi connectivity index (χ0) is 30.4. The second kappa shape index (κ2) is 16.7. The van der Waals surface area contributed by atoms with Crippen LogP contribution in [0.3, 0.4) is 0 Å². The Labute approximate surface area is 245 Å². The Hall–Kier alpha value is -3.55. The maximum atomic E-state index is 14.4. The molecule has 3 N–H and O–H groups in total. The molecule has 2 atom stereocenters. The molecule has 0 aliphatic rings. The highest BCUT2D eigenvalue weighted by Gasteiger charge is 2.36. The van der Waals surface area contributed by atoms with Crippen LogP contribution >= 0.6 is 0 Å². The van der Waals surface area contributed by atoms with Crippen molar-refractivity contribution >= 4 is 17.9 Å². The van der Waals surface area contributed by atoms with Gasteiger partial charge in [-0.1, -0.05) is 76.4 Å². The molecule has 8 nitrogen and oxygen atoms in total. The standard InChI is InChI=1S/C33H49N3O5/c1-7-10-12-22-36(29(30(38)34-21-11-8-2)26-17-13-24(9-3)14-18-26)31(39)28(35-32(40)41-33(4,5)6)23-25-15-19-27(37)20-16-25/h13-20,28-29,37H,7-12,21-23H2,1-6H3,(H,34,38)(H,35,40). The molecule has 0 heterocycles. The van der Waals surface area contributed by atoms with Crippen LogP contribution in [0.25, 0.3) is 0 Å². The van der Waals surface area contributed by atoms with Gasteiger partial charge in [-0.2, -0.15) is 0 Å². The zero-order valence-electron chi connectivity index (χ0n) is 25.7. The third-order valence-corrected chi connectivity index (χ3v) is 6.74. The van der Waals surface area contributed by atoms with E-state index in [1.54, 1.807) is 49.9 Å². The smallest absolute Gasteiger partial charge is 0.408 e. The van der Waals surface area contributed by atoms with Crippen molar-refractivity contribution in [3.63, 3.8) is 0 Å². The molecule has 0 aromatic heterocycles. The van der Waals surface area contributed by atoms with E-state index < -0.39 is 23.8 Å². The van der Waals surface area contributed by atoms with E-state index in [1.807, 2.05) is 24.3 Å². The lowest BCUT2D eigenvalue weighted by Crippen LogP contribution is -2.54. The van der Waals surface area contributed by atoms with Crippen LogP contribution in [0.15, 0.2) is 48.5 Å². The number of rotatable bonds is 15. The summed E-state index contributed by atoms with van der Waals surface area (Å²) in [5.74, 6) is -0.499. The van der Waals surface area contributed by atoms with E-state index in [1.165, 1.54) is 0 Å². The number of unbranched alkanes of at least 4 members (excludes halogenated alkanes) is 3. The number of nitrogens with one attached hydrogen (secondary N) is 2. The molecule has 3 amide bonds. The lowest BCUT2D eigenvalue weighted by molar-refractivity contribution is -0.142. The second-order valence-corrected chi connectivity index (χ2v) is 11.5. The fraction of sp³-hybridized carbons (Fsp3) is 0.545. The quantitative estimate of drug-likeness (QED) is 0.227. The summed E-state index contributed by atoms with van der Waals surface area (Å²) in [4.78, 5) is 42.7. The van der Waals surface area contributed by atoms with Gasteiger partial charge in [0, 0.05) is 19.5 Å². The summed E-state index contributed by atoms with van der Waals surface area (Å²) in [5.41, 5.74) is 1.86. The summed E-state index contributed by atoms with van der Waals surface area (Å²) in [6, 6.07) is 12.5. The predicted octanol–water partition coefficient (Wildman–Crippen LogP) is 6.07. The third kappa shape index (κ3) is 11.5. The summed E-state index contributed by atoms with van der Waals surface area (Å²) in [7, 11) is 0. The Balaban J connectivity index is 2.54. The average Bonchev–Trinajstić information content (AvgIpc) is 2.92. The van der Waals surface area contributed by atoms with E-state index in [-0.39, 0.29) is 24.0 Å². The van der Waals surface area contributed by atoms with Crippen molar-refractivity contribution in [3.8, 4) is 5.75 Å². The summed E-state index contributed by atoms with van der Waals surface area (Å²) >= 11 is 0. The molecular formula is C33H49N3O5. The molecule has 2 unspecified atom stereocenters. The topological polar surface area (TPSA) is 108 Å². The van der Waals surface area contributed by atoms with E-state index in [2.05, 4.69) is 31.4 Å². The summed E-state index contributed by atoms with van der Waals surface area (Å²) in [5, 5.41) is 15.6. The summed E-state index contributed by atoms with van der Waals surface area (Å²) in [6.07, 6.45) is 4.65. The molecule has 0 saturated carbocycles. The lowest BCUT2D eigenvalue weighted by Gasteiger charge is -2.35. The number of carbonyl (C=O) groups is 3. The van der Waals surface area contributed by atoms with Crippen LogP contribution in [-0.4, -0.2) is 52.6 Å². The maximum Gasteiger partial charge on any atom is 0.408 e. The highest BCUT2D eigenvalue weighted by Crippen LogP contribution is 2.25. The number of aromatic hydroxyl groups is 1. The molecule has 8 heteroatoms. The first-order valence-corrected chi connectivity index (χ1v) is 14.9. The molecule has 2 rings (SSSR count). The number of alkyl carbamates (subject to hydrolysis) is 1. The van der Waals surface area contributed by atoms with Crippen LogP contribution < -0.4 is 10.6 Å². The van der Waals surface area contributed by atoms with Gasteiger partial charge in [0.05, 0.1) is 0 Å². The van der Waals surface area contributed by atoms with Crippen LogP contribution in [0.4, 0.5) is 4.79 Å². The first-order chi connectivity index (χ1) is 19.5. The first-order valence-electron chi connectivity index (χ1n) is 14.9.